The van der Waals surface area contributed by atoms with Gasteiger partial charge in [-0.05, 0) is 42.0 Å². The quantitative estimate of drug-likeness (QED) is 0.289. The number of furan rings is 1. The van der Waals surface area contributed by atoms with Crippen LogP contribution in [0.15, 0.2) is 102 Å². The molecule has 1 amide bonds. The summed E-state index contributed by atoms with van der Waals surface area (Å²) in [7, 11) is 0. The molecular weight excluding hydrogens is 417 g/mol. The Morgan fingerprint density at radius 1 is 1.00 bits per heavy atom. The van der Waals surface area contributed by atoms with Crippen LogP contribution in [-0.2, 0) is 11.0 Å². The lowest BCUT2D eigenvalue weighted by molar-refractivity contribution is -0.137. The SMILES string of the molecule is O=C(/C=C/C=C(\c1ccc(C(F)(F)F)cc1)c1ccco1)Nc1cccc2cnccc12. The van der Waals surface area contributed by atoms with E-state index in [-0.39, 0.29) is 5.91 Å². The third-order valence-electron chi connectivity index (χ3n) is 4.76. The van der Waals surface area contributed by atoms with Crippen LogP contribution in [0.4, 0.5) is 18.9 Å². The number of anilines is 1. The van der Waals surface area contributed by atoms with Gasteiger partial charge in [-0.15, -0.1) is 0 Å². The van der Waals surface area contributed by atoms with Gasteiger partial charge in [0.15, 0.2) is 0 Å². The predicted octanol–water partition coefficient (Wildman–Crippen LogP) is 6.47. The fraction of sp³-hybridized carbons (Fsp3) is 0.0400. The van der Waals surface area contributed by atoms with Gasteiger partial charge in [-0.3, -0.25) is 9.78 Å². The summed E-state index contributed by atoms with van der Waals surface area (Å²) >= 11 is 0. The van der Waals surface area contributed by atoms with Crippen LogP contribution in [0.5, 0.6) is 0 Å². The molecule has 4 rings (SSSR count). The number of nitrogens with one attached hydrogen (secondary N) is 1. The maximum absolute atomic E-state index is 12.9. The summed E-state index contributed by atoms with van der Waals surface area (Å²) in [4.78, 5) is 16.5. The molecule has 32 heavy (non-hydrogen) atoms. The van der Waals surface area contributed by atoms with Crippen molar-refractivity contribution in [3.8, 4) is 0 Å². The van der Waals surface area contributed by atoms with Gasteiger partial charge in [0.2, 0.25) is 5.91 Å². The minimum absolute atomic E-state index is 0.350. The van der Waals surface area contributed by atoms with E-state index in [1.807, 2.05) is 18.2 Å². The smallest absolute Gasteiger partial charge is 0.416 e. The summed E-state index contributed by atoms with van der Waals surface area (Å²) in [6, 6.07) is 15.5. The fourth-order valence-corrected chi connectivity index (χ4v) is 3.23. The zero-order valence-corrected chi connectivity index (χ0v) is 16.6. The lowest BCUT2D eigenvalue weighted by Gasteiger charge is -2.09. The maximum atomic E-state index is 12.9. The molecule has 0 aliphatic rings. The van der Waals surface area contributed by atoms with Gasteiger partial charge in [-0.1, -0.05) is 36.4 Å². The minimum Gasteiger partial charge on any atom is -0.464 e. The molecule has 0 saturated heterocycles. The van der Waals surface area contributed by atoms with Crippen molar-refractivity contribution in [2.75, 3.05) is 5.32 Å². The molecule has 0 atom stereocenters. The first-order chi connectivity index (χ1) is 15.4. The molecule has 2 aromatic heterocycles. The van der Waals surface area contributed by atoms with E-state index in [0.29, 0.717) is 22.6 Å². The zero-order chi connectivity index (χ0) is 22.6. The highest BCUT2D eigenvalue weighted by Crippen LogP contribution is 2.31. The minimum atomic E-state index is -4.41. The van der Waals surface area contributed by atoms with E-state index in [9.17, 15) is 18.0 Å². The second kappa shape index (κ2) is 8.93. The molecular formula is C25H17F3N2O2. The average molecular weight is 434 g/mol. The first kappa shape index (κ1) is 21.1. The Kier molecular flexibility index (Phi) is 5.89. The highest BCUT2D eigenvalue weighted by atomic mass is 19.4. The number of aromatic nitrogens is 1. The van der Waals surface area contributed by atoms with Crippen molar-refractivity contribution in [3.05, 3.63) is 114 Å². The van der Waals surface area contributed by atoms with Gasteiger partial charge in [0.05, 0.1) is 11.8 Å². The molecule has 160 valence electrons. The Balaban J connectivity index is 1.57. The van der Waals surface area contributed by atoms with Gasteiger partial charge >= 0.3 is 6.18 Å². The molecule has 2 aromatic carbocycles. The lowest BCUT2D eigenvalue weighted by atomic mass is 10.0. The normalized spacial score (nSPS) is 12.4. The summed E-state index contributed by atoms with van der Waals surface area (Å²) < 4.78 is 44.0. The molecule has 0 spiro atoms. The number of allylic oxidation sites excluding steroid dienone is 2. The number of carbonyl (C=O) groups is 1. The average Bonchev–Trinajstić information content (AvgIpc) is 3.31. The van der Waals surface area contributed by atoms with Gasteiger partial charge in [0.1, 0.15) is 5.76 Å². The van der Waals surface area contributed by atoms with Gasteiger partial charge in [0.25, 0.3) is 0 Å². The van der Waals surface area contributed by atoms with E-state index in [1.54, 1.807) is 36.7 Å². The number of alkyl halides is 3. The van der Waals surface area contributed by atoms with Crippen molar-refractivity contribution in [2.24, 2.45) is 0 Å². The molecule has 4 aromatic rings. The standard InChI is InChI=1S/C25H17F3N2O2/c26-25(27,28)19-11-9-17(10-12-19)21(23-7-3-15-32-23)5-2-8-24(31)30-22-6-1-4-18-16-29-14-13-20(18)22/h1-16H,(H,30,31)/b8-2+,21-5+. The van der Waals surface area contributed by atoms with Crippen molar-refractivity contribution in [3.63, 3.8) is 0 Å². The number of hydrogen-bond acceptors (Lipinski definition) is 3. The largest absolute Gasteiger partial charge is 0.464 e. The summed E-state index contributed by atoms with van der Waals surface area (Å²) in [6.45, 7) is 0. The highest BCUT2D eigenvalue weighted by Gasteiger charge is 2.30. The third-order valence-corrected chi connectivity index (χ3v) is 4.76. The molecule has 0 saturated carbocycles. The van der Waals surface area contributed by atoms with Crippen LogP contribution in [0.1, 0.15) is 16.9 Å². The van der Waals surface area contributed by atoms with Gasteiger partial charge in [-0.25, -0.2) is 0 Å². The second-order valence-corrected chi connectivity index (χ2v) is 6.88. The van der Waals surface area contributed by atoms with E-state index in [4.69, 9.17) is 4.42 Å². The van der Waals surface area contributed by atoms with Gasteiger partial charge in [-0.2, -0.15) is 13.2 Å². The molecule has 0 bridgehead atoms. The monoisotopic (exact) mass is 434 g/mol. The summed E-state index contributed by atoms with van der Waals surface area (Å²) in [6.07, 6.45) is 4.90. The van der Waals surface area contributed by atoms with Crippen molar-refractivity contribution < 1.29 is 22.4 Å². The molecule has 1 N–H and O–H groups in total. The molecule has 0 unspecified atom stereocenters. The van der Waals surface area contributed by atoms with Crippen LogP contribution >= 0.6 is 0 Å². The van der Waals surface area contributed by atoms with Crippen LogP contribution in [0.25, 0.3) is 16.3 Å². The zero-order valence-electron chi connectivity index (χ0n) is 16.6. The Hall–Kier alpha value is -4.13. The van der Waals surface area contributed by atoms with Gasteiger partial charge in [0, 0.05) is 40.5 Å². The predicted molar refractivity (Wildman–Crippen MR) is 117 cm³/mol. The Bertz CT molecular complexity index is 1280. The fourth-order valence-electron chi connectivity index (χ4n) is 3.23. The van der Waals surface area contributed by atoms with Crippen LogP contribution in [0.2, 0.25) is 0 Å². The number of amides is 1. The summed E-state index contributed by atoms with van der Waals surface area (Å²) in [5.41, 5.74) is 0.987. The number of carbonyl (C=O) groups excluding carboxylic acids is 1. The van der Waals surface area contributed by atoms with E-state index in [0.717, 1.165) is 22.9 Å². The van der Waals surface area contributed by atoms with E-state index < -0.39 is 11.7 Å². The number of fused-ring (bicyclic) bond motifs is 1. The number of halogens is 3. The van der Waals surface area contributed by atoms with E-state index in [1.165, 1.54) is 30.5 Å². The third kappa shape index (κ3) is 4.78. The number of pyridine rings is 1. The molecule has 0 aliphatic carbocycles. The van der Waals surface area contributed by atoms with Crippen LogP contribution in [0, 0.1) is 0 Å². The molecule has 7 heteroatoms. The van der Waals surface area contributed by atoms with Gasteiger partial charge < -0.3 is 9.73 Å². The Morgan fingerprint density at radius 3 is 2.53 bits per heavy atom. The topological polar surface area (TPSA) is 55.1 Å². The highest BCUT2D eigenvalue weighted by molar-refractivity contribution is 6.06. The Morgan fingerprint density at radius 2 is 1.81 bits per heavy atom. The van der Waals surface area contributed by atoms with E-state index >= 15 is 0 Å². The van der Waals surface area contributed by atoms with Crippen molar-refractivity contribution in [1.82, 2.24) is 4.98 Å². The molecule has 0 aliphatic heterocycles. The number of hydrogen-bond donors (Lipinski definition) is 1. The first-order valence-corrected chi connectivity index (χ1v) is 9.65. The number of benzene rings is 2. The van der Waals surface area contributed by atoms with Crippen LogP contribution in [0.3, 0.4) is 0 Å². The lowest BCUT2D eigenvalue weighted by Crippen LogP contribution is -2.08. The van der Waals surface area contributed by atoms with Crippen LogP contribution < -0.4 is 5.32 Å². The number of rotatable bonds is 5. The summed E-state index contributed by atoms with van der Waals surface area (Å²) in [5.74, 6) is 0.119. The van der Waals surface area contributed by atoms with Crippen molar-refractivity contribution in [2.45, 2.75) is 6.18 Å². The molecule has 0 fully saturated rings. The van der Waals surface area contributed by atoms with E-state index in [2.05, 4.69) is 10.3 Å². The molecule has 4 nitrogen and oxygen atoms in total. The molecule has 2 heterocycles. The number of nitrogens with zero attached hydrogens (tertiary/aromatic N) is 1. The van der Waals surface area contributed by atoms with Crippen molar-refractivity contribution in [1.29, 1.82) is 0 Å². The van der Waals surface area contributed by atoms with Crippen LogP contribution in [-0.4, -0.2) is 10.9 Å². The maximum Gasteiger partial charge on any atom is 0.416 e. The van der Waals surface area contributed by atoms with Crippen molar-refractivity contribution >= 4 is 27.9 Å². The first-order valence-electron chi connectivity index (χ1n) is 9.65. The molecule has 0 radical (unpaired) electrons. The summed E-state index contributed by atoms with van der Waals surface area (Å²) in [5, 5.41) is 4.59. The Labute approximate surface area is 181 Å². The second-order valence-electron chi connectivity index (χ2n) is 6.88.